The Kier molecular flexibility index (Phi) is 2.88. The van der Waals surface area contributed by atoms with Gasteiger partial charge in [-0.3, -0.25) is 0 Å². The fourth-order valence-corrected chi connectivity index (χ4v) is 2.23. The lowest BCUT2D eigenvalue weighted by atomic mass is 10.0. The summed E-state index contributed by atoms with van der Waals surface area (Å²) in [6.45, 7) is 0. The molecule has 3 rings (SSSR count). The quantitative estimate of drug-likeness (QED) is 0.214. The second-order valence-corrected chi connectivity index (χ2v) is 4.52. The molecule has 0 heterocycles. The molecule has 0 spiro atoms. The van der Waals surface area contributed by atoms with Gasteiger partial charge < -0.3 is 10.2 Å². The molecular formula is C14H4F6O2. The second kappa shape index (κ2) is 4.43. The van der Waals surface area contributed by atoms with E-state index >= 15 is 0 Å². The molecule has 0 unspecified atom stereocenters. The average molecular weight is 318 g/mol. The first-order valence-electron chi connectivity index (χ1n) is 5.74. The third kappa shape index (κ3) is 1.63. The summed E-state index contributed by atoms with van der Waals surface area (Å²) in [5.41, 5.74) is 0. The van der Waals surface area contributed by atoms with E-state index in [1.807, 2.05) is 0 Å². The molecule has 0 atom stereocenters. The Hall–Kier alpha value is -2.64. The van der Waals surface area contributed by atoms with Gasteiger partial charge >= 0.3 is 0 Å². The number of phenols is 2. The molecular weight excluding hydrogens is 314 g/mol. The van der Waals surface area contributed by atoms with Crippen molar-refractivity contribution in [3.63, 3.8) is 0 Å². The van der Waals surface area contributed by atoms with Crippen LogP contribution in [0.5, 0.6) is 11.5 Å². The Bertz CT molecular complexity index is 815. The summed E-state index contributed by atoms with van der Waals surface area (Å²) in [4.78, 5) is 0. The molecule has 0 bridgehead atoms. The normalized spacial score (nSPS) is 11.5. The molecule has 0 aliphatic rings. The zero-order chi connectivity index (χ0) is 16.3. The zero-order valence-corrected chi connectivity index (χ0v) is 10.3. The van der Waals surface area contributed by atoms with Crippen molar-refractivity contribution in [2.24, 2.45) is 0 Å². The van der Waals surface area contributed by atoms with Gasteiger partial charge in [-0.25, -0.2) is 17.6 Å². The van der Waals surface area contributed by atoms with E-state index in [4.69, 9.17) is 0 Å². The van der Waals surface area contributed by atoms with Crippen LogP contribution < -0.4 is 0 Å². The first-order valence-corrected chi connectivity index (χ1v) is 5.74. The van der Waals surface area contributed by atoms with Crippen LogP contribution in [0.1, 0.15) is 0 Å². The van der Waals surface area contributed by atoms with Crippen LogP contribution in [0.4, 0.5) is 26.3 Å². The van der Waals surface area contributed by atoms with E-state index in [-0.39, 0.29) is 0 Å². The maximum Gasteiger partial charge on any atom is 0.204 e. The molecule has 0 aliphatic heterocycles. The molecule has 3 aromatic rings. The van der Waals surface area contributed by atoms with E-state index in [9.17, 15) is 36.6 Å². The third-order valence-electron chi connectivity index (χ3n) is 3.33. The van der Waals surface area contributed by atoms with E-state index in [0.29, 0.717) is 12.1 Å². The zero-order valence-electron chi connectivity index (χ0n) is 10.3. The minimum absolute atomic E-state index is 0.586. The molecule has 0 saturated carbocycles. The Morgan fingerprint density at radius 1 is 0.455 bits per heavy atom. The van der Waals surface area contributed by atoms with Crippen molar-refractivity contribution in [3.05, 3.63) is 47.0 Å². The van der Waals surface area contributed by atoms with Gasteiger partial charge in [-0.05, 0) is 12.1 Å². The van der Waals surface area contributed by atoms with Crippen LogP contribution in [0.25, 0.3) is 21.5 Å². The fourth-order valence-electron chi connectivity index (χ4n) is 2.23. The van der Waals surface area contributed by atoms with Crippen LogP contribution in [-0.2, 0) is 0 Å². The third-order valence-corrected chi connectivity index (χ3v) is 3.33. The maximum absolute atomic E-state index is 13.7. The highest BCUT2D eigenvalue weighted by molar-refractivity contribution is 6.04. The highest BCUT2D eigenvalue weighted by Crippen LogP contribution is 2.41. The van der Waals surface area contributed by atoms with Gasteiger partial charge in [0.05, 0.1) is 0 Å². The molecule has 2 N–H and O–H groups in total. The van der Waals surface area contributed by atoms with Crippen molar-refractivity contribution in [1.29, 1.82) is 0 Å². The summed E-state index contributed by atoms with van der Waals surface area (Å²) in [6, 6.07) is 1.17. The fraction of sp³-hybridized carbons (Fsp3) is 0. The molecule has 0 aliphatic carbocycles. The van der Waals surface area contributed by atoms with Crippen LogP contribution in [-0.4, -0.2) is 10.2 Å². The Morgan fingerprint density at radius 3 is 1.09 bits per heavy atom. The molecule has 22 heavy (non-hydrogen) atoms. The van der Waals surface area contributed by atoms with E-state index in [0.717, 1.165) is 0 Å². The lowest BCUT2D eigenvalue weighted by molar-refractivity contribution is 0.382. The van der Waals surface area contributed by atoms with Gasteiger partial charge in [0.2, 0.25) is 11.6 Å². The Balaban J connectivity index is 2.64. The van der Waals surface area contributed by atoms with Gasteiger partial charge in [-0.15, -0.1) is 0 Å². The van der Waals surface area contributed by atoms with Crippen LogP contribution >= 0.6 is 0 Å². The van der Waals surface area contributed by atoms with Crippen LogP contribution in [0.3, 0.4) is 0 Å². The summed E-state index contributed by atoms with van der Waals surface area (Å²) in [5, 5.41) is 16.2. The number of benzene rings is 3. The molecule has 8 heteroatoms. The van der Waals surface area contributed by atoms with E-state index in [1.54, 1.807) is 0 Å². The van der Waals surface area contributed by atoms with Gasteiger partial charge in [0.1, 0.15) is 0 Å². The van der Waals surface area contributed by atoms with Gasteiger partial charge in [0.15, 0.2) is 34.8 Å². The molecule has 3 aromatic carbocycles. The summed E-state index contributed by atoms with van der Waals surface area (Å²) in [7, 11) is 0. The highest BCUT2D eigenvalue weighted by atomic mass is 19.2. The number of hydrogen-bond donors (Lipinski definition) is 2. The molecule has 0 radical (unpaired) electrons. The first kappa shape index (κ1) is 14.3. The molecule has 114 valence electrons. The smallest absolute Gasteiger partial charge is 0.204 e. The number of phenolic OH excluding ortho intramolecular Hbond substituents is 2. The predicted octanol–water partition coefficient (Wildman–Crippen LogP) is 4.24. The minimum Gasteiger partial charge on any atom is -0.504 e. The Morgan fingerprint density at radius 2 is 0.773 bits per heavy atom. The number of halogens is 6. The summed E-state index contributed by atoms with van der Waals surface area (Å²) >= 11 is 0. The van der Waals surface area contributed by atoms with E-state index in [2.05, 4.69) is 0 Å². The molecule has 0 aromatic heterocycles. The number of rotatable bonds is 0. The lowest BCUT2D eigenvalue weighted by Gasteiger charge is -2.10. The van der Waals surface area contributed by atoms with Crippen molar-refractivity contribution in [1.82, 2.24) is 0 Å². The second-order valence-electron chi connectivity index (χ2n) is 4.52. The van der Waals surface area contributed by atoms with Crippen LogP contribution in [0.2, 0.25) is 0 Å². The van der Waals surface area contributed by atoms with Crippen molar-refractivity contribution in [3.8, 4) is 11.5 Å². The summed E-state index contributed by atoms with van der Waals surface area (Å²) in [6.07, 6.45) is 0. The highest BCUT2D eigenvalue weighted by Gasteiger charge is 2.24. The van der Waals surface area contributed by atoms with E-state index < -0.39 is 67.9 Å². The van der Waals surface area contributed by atoms with Crippen LogP contribution in [0.15, 0.2) is 12.1 Å². The Labute approximate surface area is 117 Å². The van der Waals surface area contributed by atoms with Crippen molar-refractivity contribution in [2.75, 3.05) is 0 Å². The predicted molar refractivity (Wildman–Crippen MR) is 64.5 cm³/mol. The van der Waals surface area contributed by atoms with Gasteiger partial charge in [0, 0.05) is 21.5 Å². The van der Waals surface area contributed by atoms with Crippen molar-refractivity contribution in [2.45, 2.75) is 0 Å². The molecule has 0 saturated heterocycles. The van der Waals surface area contributed by atoms with E-state index in [1.165, 1.54) is 0 Å². The topological polar surface area (TPSA) is 40.5 Å². The number of aromatic hydroxyl groups is 2. The SMILES string of the molecule is Oc1c(F)c(F)c(O)c2cc3c(F)c(F)c(F)c(F)c3cc12. The number of fused-ring (bicyclic) bond motifs is 2. The lowest BCUT2D eigenvalue weighted by Crippen LogP contribution is -1.98. The summed E-state index contributed by atoms with van der Waals surface area (Å²) in [5.74, 6) is -13.9. The van der Waals surface area contributed by atoms with Gasteiger partial charge in [0.25, 0.3) is 0 Å². The molecule has 2 nitrogen and oxygen atoms in total. The minimum atomic E-state index is -2.09. The average Bonchev–Trinajstić information content (AvgIpc) is 2.52. The largest absolute Gasteiger partial charge is 0.504 e. The van der Waals surface area contributed by atoms with Gasteiger partial charge in [-0.1, -0.05) is 0 Å². The molecule has 0 amide bonds. The first-order chi connectivity index (χ1) is 10.3. The van der Waals surface area contributed by atoms with Crippen molar-refractivity contribution < 1.29 is 36.6 Å². The number of hydrogen-bond acceptors (Lipinski definition) is 2. The molecule has 0 fully saturated rings. The summed E-state index contributed by atoms with van der Waals surface area (Å²) < 4.78 is 80.5. The maximum atomic E-state index is 13.7. The monoisotopic (exact) mass is 318 g/mol. The van der Waals surface area contributed by atoms with Crippen molar-refractivity contribution >= 4 is 21.5 Å². The van der Waals surface area contributed by atoms with Crippen LogP contribution in [0, 0.1) is 34.9 Å². The van der Waals surface area contributed by atoms with Gasteiger partial charge in [-0.2, -0.15) is 8.78 Å². The standard InChI is InChI=1S/C14H4F6O2/c15-7-3-1-5-6(14(22)12(20)11(19)13(5)21)2-4(3)8(16)10(18)9(7)17/h1-2,21-22H.